The van der Waals surface area contributed by atoms with Crippen molar-refractivity contribution >= 4 is 44.9 Å². The van der Waals surface area contributed by atoms with E-state index in [1.54, 1.807) is 42.5 Å². The van der Waals surface area contributed by atoms with E-state index in [1.807, 2.05) is 0 Å². The Morgan fingerprint density at radius 2 is 1.48 bits per heavy atom. The SMILES string of the molecule is O=C(O)c1ccc(CCc2cc(Cl)ccc2NS(=O)(=O)c2ccc(Cl)cc2)cc1. The maximum Gasteiger partial charge on any atom is 0.335 e. The van der Waals surface area contributed by atoms with Crippen LogP contribution >= 0.6 is 23.2 Å². The van der Waals surface area contributed by atoms with E-state index in [1.165, 1.54) is 24.3 Å². The molecule has 0 spiro atoms. The molecule has 0 aliphatic rings. The van der Waals surface area contributed by atoms with E-state index in [4.69, 9.17) is 28.3 Å². The Bertz CT molecular complexity index is 1130. The van der Waals surface area contributed by atoms with Crippen LogP contribution < -0.4 is 4.72 Å². The average molecular weight is 450 g/mol. The third kappa shape index (κ3) is 5.50. The second-order valence-corrected chi connectivity index (χ2v) is 8.92. The number of carboxylic acid groups (broad SMARTS) is 1. The molecule has 0 atom stereocenters. The quantitative estimate of drug-likeness (QED) is 0.513. The van der Waals surface area contributed by atoms with Gasteiger partial charge in [0, 0.05) is 10.0 Å². The number of aryl methyl sites for hydroxylation is 2. The fourth-order valence-corrected chi connectivity index (χ4v) is 4.20. The van der Waals surface area contributed by atoms with Crippen molar-refractivity contribution in [2.75, 3.05) is 4.72 Å². The monoisotopic (exact) mass is 449 g/mol. The largest absolute Gasteiger partial charge is 0.478 e. The van der Waals surface area contributed by atoms with E-state index < -0.39 is 16.0 Å². The predicted molar refractivity (Wildman–Crippen MR) is 115 cm³/mol. The van der Waals surface area contributed by atoms with Gasteiger partial charge in [0.05, 0.1) is 16.1 Å². The molecule has 0 unspecified atom stereocenters. The molecule has 0 aliphatic heterocycles. The topological polar surface area (TPSA) is 83.5 Å². The highest BCUT2D eigenvalue weighted by Crippen LogP contribution is 2.26. The fraction of sp³-hybridized carbons (Fsp3) is 0.0952. The number of aromatic carboxylic acids is 1. The molecule has 0 heterocycles. The van der Waals surface area contributed by atoms with Gasteiger partial charge in [-0.15, -0.1) is 0 Å². The number of carbonyl (C=O) groups is 1. The van der Waals surface area contributed by atoms with Gasteiger partial charge in [-0.2, -0.15) is 0 Å². The molecular weight excluding hydrogens is 433 g/mol. The zero-order valence-electron chi connectivity index (χ0n) is 15.1. The van der Waals surface area contributed by atoms with Gasteiger partial charge in [-0.1, -0.05) is 35.3 Å². The van der Waals surface area contributed by atoms with Crippen LogP contribution in [0.2, 0.25) is 10.0 Å². The highest BCUT2D eigenvalue weighted by molar-refractivity contribution is 7.92. The summed E-state index contributed by atoms with van der Waals surface area (Å²) in [7, 11) is -3.78. The van der Waals surface area contributed by atoms with Gasteiger partial charge in [0.25, 0.3) is 10.0 Å². The maximum atomic E-state index is 12.7. The molecule has 0 aromatic heterocycles. The van der Waals surface area contributed by atoms with Crippen LogP contribution in [-0.2, 0) is 22.9 Å². The lowest BCUT2D eigenvalue weighted by Crippen LogP contribution is -2.14. The number of anilines is 1. The van der Waals surface area contributed by atoms with Crippen LogP contribution in [0.4, 0.5) is 5.69 Å². The van der Waals surface area contributed by atoms with E-state index in [0.717, 1.165) is 11.1 Å². The van der Waals surface area contributed by atoms with Gasteiger partial charge in [-0.25, -0.2) is 13.2 Å². The van der Waals surface area contributed by atoms with Crippen LogP contribution in [0.3, 0.4) is 0 Å². The van der Waals surface area contributed by atoms with Crippen molar-refractivity contribution in [1.29, 1.82) is 0 Å². The Labute approximate surface area is 179 Å². The van der Waals surface area contributed by atoms with Gasteiger partial charge in [0.1, 0.15) is 0 Å². The molecule has 5 nitrogen and oxygen atoms in total. The summed E-state index contributed by atoms with van der Waals surface area (Å²) >= 11 is 11.9. The number of hydrogen-bond donors (Lipinski definition) is 2. The van der Waals surface area contributed by atoms with Crippen LogP contribution in [0, 0.1) is 0 Å². The summed E-state index contributed by atoms with van der Waals surface area (Å²) in [6, 6.07) is 17.4. The number of halogens is 2. The average Bonchev–Trinajstić information content (AvgIpc) is 2.68. The molecule has 0 bridgehead atoms. The molecule has 150 valence electrons. The van der Waals surface area contributed by atoms with Crippen LogP contribution in [0.5, 0.6) is 0 Å². The van der Waals surface area contributed by atoms with Gasteiger partial charge >= 0.3 is 5.97 Å². The smallest absolute Gasteiger partial charge is 0.335 e. The third-order valence-electron chi connectivity index (χ3n) is 4.32. The Morgan fingerprint density at radius 3 is 2.10 bits per heavy atom. The van der Waals surface area contributed by atoms with Crippen molar-refractivity contribution in [3.63, 3.8) is 0 Å². The fourth-order valence-electron chi connectivity index (χ4n) is 2.78. The summed E-state index contributed by atoms with van der Waals surface area (Å²) in [4.78, 5) is 11.1. The minimum atomic E-state index is -3.78. The zero-order chi connectivity index (χ0) is 21.0. The summed E-state index contributed by atoms with van der Waals surface area (Å²) in [6.45, 7) is 0. The molecule has 3 aromatic rings. The van der Waals surface area contributed by atoms with Crippen molar-refractivity contribution < 1.29 is 18.3 Å². The number of hydrogen-bond acceptors (Lipinski definition) is 3. The first-order chi connectivity index (χ1) is 13.7. The standard InChI is InChI=1S/C21H17Cl2NO4S/c22-17-7-10-19(11-8-17)29(27,28)24-20-12-9-18(23)13-16(20)6-3-14-1-4-15(5-2-14)21(25)26/h1-2,4-5,7-13,24H,3,6H2,(H,25,26). The highest BCUT2D eigenvalue weighted by Gasteiger charge is 2.16. The molecule has 8 heteroatoms. The molecule has 3 rings (SSSR count). The van der Waals surface area contributed by atoms with Gasteiger partial charge in [0.15, 0.2) is 0 Å². The van der Waals surface area contributed by atoms with Crippen LogP contribution in [0.1, 0.15) is 21.5 Å². The van der Waals surface area contributed by atoms with Crippen molar-refractivity contribution in [2.24, 2.45) is 0 Å². The Hall–Kier alpha value is -2.54. The Morgan fingerprint density at radius 1 is 0.862 bits per heavy atom. The van der Waals surface area contributed by atoms with Crippen LogP contribution in [0.25, 0.3) is 0 Å². The lowest BCUT2D eigenvalue weighted by molar-refractivity contribution is 0.0697. The number of nitrogens with one attached hydrogen (secondary N) is 1. The molecule has 0 aliphatic carbocycles. The summed E-state index contributed by atoms with van der Waals surface area (Å²) in [5.74, 6) is -0.981. The second kappa shape index (κ2) is 8.86. The first kappa shape index (κ1) is 21.2. The van der Waals surface area contributed by atoms with Gasteiger partial charge in [0.2, 0.25) is 0 Å². The van der Waals surface area contributed by atoms with Crippen molar-refractivity contribution in [2.45, 2.75) is 17.7 Å². The van der Waals surface area contributed by atoms with Gasteiger partial charge in [-0.05, 0) is 78.6 Å². The van der Waals surface area contributed by atoms with E-state index in [0.29, 0.717) is 28.6 Å². The van der Waals surface area contributed by atoms with Crippen molar-refractivity contribution in [3.05, 3.63) is 93.5 Å². The number of rotatable bonds is 7. The molecular formula is C21H17Cl2NO4S. The molecule has 0 fully saturated rings. The molecule has 3 aromatic carbocycles. The Kier molecular flexibility index (Phi) is 6.47. The molecule has 29 heavy (non-hydrogen) atoms. The van der Waals surface area contributed by atoms with E-state index in [9.17, 15) is 13.2 Å². The van der Waals surface area contributed by atoms with E-state index in [2.05, 4.69) is 4.72 Å². The highest BCUT2D eigenvalue weighted by atomic mass is 35.5. The maximum absolute atomic E-state index is 12.7. The number of carboxylic acids is 1. The van der Waals surface area contributed by atoms with Crippen molar-refractivity contribution in [3.8, 4) is 0 Å². The minimum absolute atomic E-state index is 0.104. The van der Waals surface area contributed by atoms with Gasteiger partial charge in [-0.3, -0.25) is 4.72 Å². The van der Waals surface area contributed by atoms with Gasteiger partial charge < -0.3 is 5.11 Å². The van der Waals surface area contributed by atoms with Crippen LogP contribution in [-0.4, -0.2) is 19.5 Å². The molecule has 0 amide bonds. The lowest BCUT2D eigenvalue weighted by Gasteiger charge is -2.13. The molecule has 2 N–H and O–H groups in total. The third-order valence-corrected chi connectivity index (χ3v) is 6.19. The first-order valence-electron chi connectivity index (χ1n) is 8.64. The van der Waals surface area contributed by atoms with Crippen molar-refractivity contribution in [1.82, 2.24) is 0 Å². The zero-order valence-corrected chi connectivity index (χ0v) is 17.4. The normalized spacial score (nSPS) is 11.2. The first-order valence-corrected chi connectivity index (χ1v) is 10.9. The molecule has 0 saturated heterocycles. The predicted octanol–water partition coefficient (Wildman–Crippen LogP) is 5.28. The second-order valence-electron chi connectivity index (χ2n) is 6.36. The van der Waals surface area contributed by atoms with E-state index >= 15 is 0 Å². The summed E-state index contributed by atoms with van der Waals surface area (Å²) in [5, 5.41) is 9.93. The summed E-state index contributed by atoms with van der Waals surface area (Å²) in [6.07, 6.45) is 1.11. The summed E-state index contributed by atoms with van der Waals surface area (Å²) in [5.41, 5.74) is 2.32. The molecule has 0 saturated carbocycles. The minimum Gasteiger partial charge on any atom is -0.478 e. The molecule has 0 radical (unpaired) electrons. The lowest BCUT2D eigenvalue weighted by atomic mass is 10.0. The van der Waals surface area contributed by atoms with Crippen LogP contribution in [0.15, 0.2) is 71.6 Å². The van der Waals surface area contributed by atoms with E-state index in [-0.39, 0.29) is 10.5 Å². The number of sulfonamides is 1. The summed E-state index contributed by atoms with van der Waals surface area (Å²) < 4.78 is 28.0. The Balaban J connectivity index is 1.80. The number of benzene rings is 3.